The number of thioether (sulfide) groups is 1. The first-order valence-corrected chi connectivity index (χ1v) is 6.73. The third kappa shape index (κ3) is 4.60. The van der Waals surface area contributed by atoms with E-state index in [0.717, 1.165) is 17.9 Å². The van der Waals surface area contributed by atoms with Gasteiger partial charge in [-0.15, -0.1) is 0 Å². The van der Waals surface area contributed by atoms with Crippen molar-refractivity contribution in [1.82, 2.24) is 4.98 Å². The van der Waals surface area contributed by atoms with Gasteiger partial charge < -0.3 is 5.32 Å². The summed E-state index contributed by atoms with van der Waals surface area (Å²) >= 11 is 1.87. The van der Waals surface area contributed by atoms with Crippen molar-refractivity contribution in [3.63, 3.8) is 0 Å². The Labute approximate surface area is 105 Å². The van der Waals surface area contributed by atoms with Crippen LogP contribution in [0, 0.1) is 10.1 Å². The van der Waals surface area contributed by atoms with Gasteiger partial charge in [-0.2, -0.15) is 11.8 Å². The summed E-state index contributed by atoms with van der Waals surface area (Å²) in [5, 5.41) is 13.9. The molecule has 0 aliphatic rings. The lowest BCUT2D eigenvalue weighted by Gasteiger charge is -2.14. The molecule has 1 unspecified atom stereocenters. The molecule has 1 atom stereocenters. The largest absolute Gasteiger partial charge is 0.377 e. The maximum Gasteiger partial charge on any atom is 0.310 e. The summed E-state index contributed by atoms with van der Waals surface area (Å²) in [4.78, 5) is 14.1. The van der Waals surface area contributed by atoms with E-state index < -0.39 is 4.92 Å². The number of nitro groups is 1. The fourth-order valence-corrected chi connectivity index (χ4v) is 2.20. The number of hydrogen-bond donors (Lipinski definition) is 1. The van der Waals surface area contributed by atoms with Crippen molar-refractivity contribution in [2.75, 3.05) is 16.8 Å². The van der Waals surface area contributed by atoms with E-state index >= 15 is 0 Å². The second-order valence-electron chi connectivity index (χ2n) is 3.68. The van der Waals surface area contributed by atoms with E-state index in [0.29, 0.717) is 5.69 Å². The number of pyridine rings is 1. The topological polar surface area (TPSA) is 68.1 Å². The third-order valence-corrected chi connectivity index (χ3v) is 3.23. The summed E-state index contributed by atoms with van der Waals surface area (Å²) in [6, 6.07) is 1.86. The minimum absolute atomic E-state index is 0.0301. The summed E-state index contributed by atoms with van der Waals surface area (Å²) in [7, 11) is 0. The molecule has 17 heavy (non-hydrogen) atoms. The molecule has 1 heterocycles. The minimum Gasteiger partial charge on any atom is -0.377 e. The fourth-order valence-electron chi connectivity index (χ4n) is 1.40. The van der Waals surface area contributed by atoms with E-state index in [-0.39, 0.29) is 11.7 Å². The Morgan fingerprint density at radius 1 is 1.65 bits per heavy atom. The Morgan fingerprint density at radius 2 is 2.41 bits per heavy atom. The first kappa shape index (κ1) is 13.8. The molecule has 0 aromatic carbocycles. The lowest BCUT2D eigenvalue weighted by molar-refractivity contribution is -0.384. The van der Waals surface area contributed by atoms with Crippen LogP contribution in [0.5, 0.6) is 0 Å². The quantitative estimate of drug-likeness (QED) is 0.461. The molecule has 5 nitrogen and oxygen atoms in total. The predicted molar refractivity (Wildman–Crippen MR) is 71.6 cm³/mol. The van der Waals surface area contributed by atoms with Crippen LogP contribution in [0.4, 0.5) is 11.4 Å². The first-order chi connectivity index (χ1) is 8.15. The minimum atomic E-state index is -0.414. The number of anilines is 1. The zero-order valence-corrected chi connectivity index (χ0v) is 10.9. The van der Waals surface area contributed by atoms with Gasteiger partial charge in [0.05, 0.1) is 4.92 Å². The molecule has 1 rings (SSSR count). The summed E-state index contributed by atoms with van der Waals surface area (Å²) < 4.78 is 0. The number of nitrogens with one attached hydrogen (secondary N) is 1. The van der Waals surface area contributed by atoms with E-state index in [2.05, 4.69) is 17.2 Å². The standard InChI is InChI=1S/C11H17N3O2S/c1-3-17-7-5-9(2)13-10-4-6-12-8-11(10)14(15)16/h4,6,8-9H,3,5,7H2,1-2H3,(H,12,13). The van der Waals surface area contributed by atoms with Gasteiger partial charge in [-0.1, -0.05) is 6.92 Å². The van der Waals surface area contributed by atoms with Crippen LogP contribution < -0.4 is 5.32 Å². The molecule has 0 aliphatic heterocycles. The van der Waals surface area contributed by atoms with Gasteiger partial charge in [-0.3, -0.25) is 15.1 Å². The van der Waals surface area contributed by atoms with Crippen molar-refractivity contribution < 1.29 is 4.92 Å². The molecule has 6 heteroatoms. The van der Waals surface area contributed by atoms with E-state index in [1.165, 1.54) is 6.20 Å². The second kappa shape index (κ2) is 7.11. The zero-order chi connectivity index (χ0) is 12.7. The fraction of sp³-hybridized carbons (Fsp3) is 0.545. The molecule has 0 saturated heterocycles. The Hall–Kier alpha value is -1.30. The van der Waals surface area contributed by atoms with Gasteiger partial charge in [-0.25, -0.2) is 0 Å². The molecular formula is C11H17N3O2S. The highest BCUT2D eigenvalue weighted by Gasteiger charge is 2.14. The van der Waals surface area contributed by atoms with Gasteiger partial charge in [0, 0.05) is 12.2 Å². The van der Waals surface area contributed by atoms with E-state index in [1.54, 1.807) is 12.3 Å². The first-order valence-electron chi connectivity index (χ1n) is 5.57. The van der Waals surface area contributed by atoms with Crippen molar-refractivity contribution in [2.24, 2.45) is 0 Å². The van der Waals surface area contributed by atoms with Crippen LogP contribution in [0.15, 0.2) is 18.5 Å². The van der Waals surface area contributed by atoms with Crippen LogP contribution in [0.25, 0.3) is 0 Å². The van der Waals surface area contributed by atoms with Gasteiger partial charge in [0.15, 0.2) is 0 Å². The molecule has 0 saturated carbocycles. The summed E-state index contributed by atoms with van der Waals surface area (Å²) in [5.74, 6) is 2.16. The lowest BCUT2D eigenvalue weighted by atomic mass is 10.2. The monoisotopic (exact) mass is 255 g/mol. The van der Waals surface area contributed by atoms with Gasteiger partial charge in [0.1, 0.15) is 11.9 Å². The van der Waals surface area contributed by atoms with Crippen molar-refractivity contribution in [3.05, 3.63) is 28.6 Å². The van der Waals surface area contributed by atoms with Crippen LogP contribution in [0.3, 0.4) is 0 Å². The highest BCUT2D eigenvalue weighted by molar-refractivity contribution is 7.99. The molecule has 0 radical (unpaired) electrons. The molecule has 1 aromatic rings. The normalized spacial score (nSPS) is 12.1. The molecule has 0 fully saturated rings. The Kier molecular flexibility index (Phi) is 5.76. The number of rotatable bonds is 7. The highest BCUT2D eigenvalue weighted by Crippen LogP contribution is 2.23. The maximum atomic E-state index is 10.8. The van der Waals surface area contributed by atoms with Crippen LogP contribution in [0.2, 0.25) is 0 Å². The molecule has 0 amide bonds. The SMILES string of the molecule is CCSCCC(C)Nc1ccncc1[N+](=O)[O-]. The third-order valence-electron chi connectivity index (χ3n) is 2.30. The van der Waals surface area contributed by atoms with Crippen molar-refractivity contribution in [2.45, 2.75) is 26.3 Å². The molecule has 1 N–H and O–H groups in total. The van der Waals surface area contributed by atoms with Gasteiger partial charge >= 0.3 is 5.69 Å². The van der Waals surface area contributed by atoms with E-state index in [1.807, 2.05) is 18.7 Å². The average molecular weight is 255 g/mol. The van der Waals surface area contributed by atoms with Crippen LogP contribution >= 0.6 is 11.8 Å². The summed E-state index contributed by atoms with van der Waals surface area (Å²) in [6.45, 7) is 4.15. The van der Waals surface area contributed by atoms with Crippen molar-refractivity contribution in [1.29, 1.82) is 0 Å². The molecule has 0 aliphatic carbocycles. The van der Waals surface area contributed by atoms with Gasteiger partial charge in [0.25, 0.3) is 0 Å². The number of nitrogens with zero attached hydrogens (tertiary/aromatic N) is 2. The zero-order valence-electron chi connectivity index (χ0n) is 10.0. The highest BCUT2D eigenvalue weighted by atomic mass is 32.2. The van der Waals surface area contributed by atoms with E-state index in [9.17, 15) is 10.1 Å². The molecule has 0 spiro atoms. The van der Waals surface area contributed by atoms with Crippen LogP contribution in [-0.4, -0.2) is 27.5 Å². The van der Waals surface area contributed by atoms with Crippen molar-refractivity contribution in [3.8, 4) is 0 Å². The van der Waals surface area contributed by atoms with Crippen LogP contribution in [0.1, 0.15) is 20.3 Å². The smallest absolute Gasteiger partial charge is 0.310 e. The summed E-state index contributed by atoms with van der Waals surface area (Å²) in [5.41, 5.74) is 0.571. The Balaban J connectivity index is 2.58. The summed E-state index contributed by atoms with van der Waals surface area (Å²) in [6.07, 6.45) is 3.82. The molecule has 94 valence electrons. The maximum absolute atomic E-state index is 10.8. The second-order valence-corrected chi connectivity index (χ2v) is 5.07. The molecule has 0 bridgehead atoms. The van der Waals surface area contributed by atoms with Crippen molar-refractivity contribution >= 4 is 23.1 Å². The van der Waals surface area contributed by atoms with Gasteiger partial charge in [0.2, 0.25) is 0 Å². The number of hydrogen-bond acceptors (Lipinski definition) is 5. The predicted octanol–water partition coefficient (Wildman–Crippen LogP) is 2.93. The Bertz CT molecular complexity index is 373. The van der Waals surface area contributed by atoms with Crippen LogP contribution in [-0.2, 0) is 0 Å². The molecular weight excluding hydrogens is 238 g/mol. The van der Waals surface area contributed by atoms with E-state index in [4.69, 9.17) is 0 Å². The lowest BCUT2D eigenvalue weighted by Crippen LogP contribution is -2.17. The van der Waals surface area contributed by atoms with Gasteiger partial charge in [-0.05, 0) is 30.9 Å². The number of aromatic nitrogens is 1. The Morgan fingerprint density at radius 3 is 3.06 bits per heavy atom. The molecule has 1 aromatic heterocycles. The average Bonchev–Trinajstić information content (AvgIpc) is 2.29.